The Morgan fingerprint density at radius 1 is 0.609 bits per heavy atom. The molecule has 4 aromatic carbocycles. The molecule has 0 amide bonds. The van der Waals surface area contributed by atoms with Gasteiger partial charge in [-0.2, -0.15) is 0 Å². The average Bonchev–Trinajstić information content (AvgIpc) is 3.29. The molecular formula is C56H73ClF4N6O2. The van der Waals surface area contributed by atoms with Crippen LogP contribution in [0.1, 0.15) is 139 Å². The lowest BCUT2D eigenvalue weighted by atomic mass is 9.74. The first-order valence-corrected chi connectivity index (χ1v) is 25.0. The average molecular weight is 974 g/mol. The molecule has 7 rings (SSSR count). The quantitative estimate of drug-likeness (QED) is 0.0426. The van der Waals surface area contributed by atoms with E-state index in [-0.39, 0.29) is 46.6 Å². The topological polar surface area (TPSA) is 128 Å². The first-order chi connectivity index (χ1) is 32.6. The fraction of sp³-hybridized carbons (Fsp3) is 0.500. The van der Waals surface area contributed by atoms with Gasteiger partial charge in [-0.25, -0.2) is 27.5 Å². The second-order valence-electron chi connectivity index (χ2n) is 21.4. The van der Waals surface area contributed by atoms with Crippen molar-refractivity contribution in [1.82, 2.24) is 20.6 Å². The highest BCUT2D eigenvalue weighted by molar-refractivity contribution is 6.28. The summed E-state index contributed by atoms with van der Waals surface area (Å²) in [4.78, 5) is 8.08. The molecule has 13 heteroatoms. The van der Waals surface area contributed by atoms with Crippen LogP contribution in [0.25, 0.3) is 0 Å². The SMILES string of the molecule is CC(C)(C)c1cccc(C2(NC[C@@H](O)[C@@H](N)Cc3cc(F)cc(F)c3)CCCCC2)c1.CC(C)(C)c1cccc(C2(NC[C@@H](O)[C@H](Cc3cc(F)cc(F)c3)Nc3ccnc(Cl)n3)CCCCC2)c1. The molecule has 1 heterocycles. The van der Waals surface area contributed by atoms with Crippen molar-refractivity contribution in [2.45, 2.75) is 165 Å². The second-order valence-corrected chi connectivity index (χ2v) is 21.8. The number of hydrogen-bond donors (Lipinski definition) is 6. The summed E-state index contributed by atoms with van der Waals surface area (Å²) < 4.78 is 54.8. The Hall–Kier alpha value is -4.43. The Kier molecular flexibility index (Phi) is 18.5. The Balaban J connectivity index is 0.000000232. The van der Waals surface area contributed by atoms with Crippen LogP contribution in [0.3, 0.4) is 0 Å². The normalized spacial score (nSPS) is 17.8. The number of nitrogens with zero attached hydrogens (tertiary/aromatic N) is 2. The Morgan fingerprint density at radius 3 is 1.48 bits per heavy atom. The van der Waals surface area contributed by atoms with Crippen LogP contribution in [-0.2, 0) is 34.7 Å². The standard InChI is InChI=1S/C30H37ClF2N4O.C26H36F2N2O/c1-29(2,3)21-8-7-9-22(17-21)30(11-5-4-6-12-30)35-19-26(38)25(36-27-10-13-34-28(31)37-27)16-20-14-23(32)18-24(33)15-20;1-25(2,3)19-8-7-9-20(15-19)26(10-5-4-6-11-26)30-17-24(31)23(29)14-18-12-21(27)16-22(28)13-18/h7-10,13-15,17-18,25-26,35,38H,4-6,11-12,16,19H2,1-3H3,(H,34,36,37);7-9,12-13,15-16,23-24,30-31H,4-6,10-11,14,17,29H2,1-3H3/t25-,26+;23-,24+/m00/s1. The zero-order valence-corrected chi connectivity index (χ0v) is 42.0. The lowest BCUT2D eigenvalue weighted by molar-refractivity contribution is 0.116. The van der Waals surface area contributed by atoms with E-state index in [1.54, 1.807) is 6.07 Å². The summed E-state index contributed by atoms with van der Waals surface area (Å²) in [5.74, 6) is -2.15. The number of aromatic nitrogens is 2. The molecule has 374 valence electrons. The van der Waals surface area contributed by atoms with Gasteiger partial charge in [0.05, 0.1) is 18.2 Å². The molecule has 0 aliphatic heterocycles. The van der Waals surface area contributed by atoms with Crippen molar-refractivity contribution in [3.05, 3.63) is 159 Å². The number of nitrogens with two attached hydrogens (primary N) is 1. The number of halogens is 5. The molecule has 2 aliphatic carbocycles. The predicted molar refractivity (Wildman–Crippen MR) is 270 cm³/mol. The summed E-state index contributed by atoms with van der Waals surface area (Å²) in [6.45, 7) is 13.9. The first-order valence-electron chi connectivity index (χ1n) is 24.6. The summed E-state index contributed by atoms with van der Waals surface area (Å²) in [7, 11) is 0. The van der Waals surface area contributed by atoms with Gasteiger partial charge in [0.1, 0.15) is 29.1 Å². The highest BCUT2D eigenvalue weighted by atomic mass is 35.5. The van der Waals surface area contributed by atoms with Crippen molar-refractivity contribution in [2.75, 3.05) is 18.4 Å². The van der Waals surface area contributed by atoms with Gasteiger partial charge >= 0.3 is 0 Å². The molecule has 2 saturated carbocycles. The van der Waals surface area contributed by atoms with Crippen molar-refractivity contribution in [3.63, 3.8) is 0 Å². The smallest absolute Gasteiger partial charge is 0.224 e. The van der Waals surface area contributed by atoms with Crippen LogP contribution in [0.2, 0.25) is 5.28 Å². The highest BCUT2D eigenvalue weighted by Crippen LogP contribution is 2.40. The van der Waals surface area contributed by atoms with Gasteiger partial charge in [0, 0.05) is 48.5 Å². The molecule has 0 bridgehead atoms. The van der Waals surface area contributed by atoms with E-state index in [0.717, 1.165) is 63.5 Å². The van der Waals surface area contributed by atoms with Gasteiger partial charge < -0.3 is 31.9 Å². The minimum Gasteiger partial charge on any atom is -0.390 e. The maximum Gasteiger partial charge on any atom is 0.224 e. The van der Waals surface area contributed by atoms with E-state index in [9.17, 15) is 27.8 Å². The highest BCUT2D eigenvalue weighted by Gasteiger charge is 2.37. The van der Waals surface area contributed by atoms with Gasteiger partial charge in [-0.3, -0.25) is 0 Å². The van der Waals surface area contributed by atoms with E-state index in [1.165, 1.54) is 65.6 Å². The maximum atomic E-state index is 13.9. The number of benzene rings is 4. The van der Waals surface area contributed by atoms with Gasteiger partial charge in [0.15, 0.2) is 0 Å². The molecule has 0 saturated heterocycles. The van der Waals surface area contributed by atoms with Crippen LogP contribution in [0.15, 0.2) is 97.2 Å². The number of aliphatic hydroxyl groups is 2. The van der Waals surface area contributed by atoms with Gasteiger partial charge in [-0.15, -0.1) is 0 Å². The maximum absolute atomic E-state index is 13.9. The molecule has 69 heavy (non-hydrogen) atoms. The van der Waals surface area contributed by atoms with Gasteiger partial charge in [0.25, 0.3) is 0 Å². The molecule has 0 radical (unpaired) electrons. The van der Waals surface area contributed by atoms with Crippen molar-refractivity contribution < 1.29 is 27.8 Å². The minimum absolute atomic E-state index is 0.0272. The van der Waals surface area contributed by atoms with Gasteiger partial charge in [-0.05, 0) is 125 Å². The van der Waals surface area contributed by atoms with Gasteiger partial charge in [0.2, 0.25) is 5.28 Å². The molecule has 2 fully saturated rings. The number of aliphatic hydroxyl groups excluding tert-OH is 2. The number of hydrogen-bond acceptors (Lipinski definition) is 8. The third-order valence-electron chi connectivity index (χ3n) is 14.0. The van der Waals surface area contributed by atoms with Gasteiger partial charge in [-0.1, -0.05) is 129 Å². The zero-order valence-electron chi connectivity index (χ0n) is 41.2. The largest absolute Gasteiger partial charge is 0.390 e. The van der Waals surface area contributed by atoms with E-state index in [1.807, 2.05) is 0 Å². The third-order valence-corrected chi connectivity index (χ3v) is 14.1. The number of rotatable bonds is 16. The van der Waals surface area contributed by atoms with E-state index in [4.69, 9.17) is 17.3 Å². The lowest BCUT2D eigenvalue weighted by Crippen LogP contribution is -2.51. The fourth-order valence-electron chi connectivity index (χ4n) is 9.91. The molecule has 1 aromatic heterocycles. The van der Waals surface area contributed by atoms with Crippen LogP contribution in [0.5, 0.6) is 0 Å². The molecule has 2 aliphatic rings. The van der Waals surface area contributed by atoms with Crippen LogP contribution < -0.4 is 21.7 Å². The second kappa shape index (κ2) is 23.7. The third kappa shape index (κ3) is 15.3. The van der Waals surface area contributed by atoms with E-state index < -0.39 is 47.6 Å². The lowest BCUT2D eigenvalue weighted by Gasteiger charge is -2.41. The van der Waals surface area contributed by atoms with Crippen molar-refractivity contribution >= 4 is 17.4 Å². The van der Waals surface area contributed by atoms with Crippen LogP contribution >= 0.6 is 11.6 Å². The zero-order chi connectivity index (χ0) is 50.0. The van der Waals surface area contributed by atoms with Crippen molar-refractivity contribution in [2.24, 2.45) is 5.73 Å². The summed E-state index contributed by atoms with van der Waals surface area (Å²) in [5.41, 5.74) is 11.8. The van der Waals surface area contributed by atoms with E-state index in [0.29, 0.717) is 23.5 Å². The summed E-state index contributed by atoms with van der Waals surface area (Å²) >= 11 is 5.97. The van der Waals surface area contributed by atoms with E-state index >= 15 is 0 Å². The Labute approximate surface area is 412 Å². The van der Waals surface area contributed by atoms with E-state index in [2.05, 4.69) is 116 Å². The molecule has 5 aromatic rings. The predicted octanol–water partition coefficient (Wildman–Crippen LogP) is 11.5. The monoisotopic (exact) mass is 973 g/mol. The fourth-order valence-corrected chi connectivity index (χ4v) is 10.1. The first kappa shape index (κ1) is 53.9. The van der Waals surface area contributed by atoms with Crippen molar-refractivity contribution in [3.8, 4) is 0 Å². The van der Waals surface area contributed by atoms with Crippen LogP contribution in [0.4, 0.5) is 23.4 Å². The summed E-state index contributed by atoms with van der Waals surface area (Å²) in [6.07, 6.45) is 11.1. The molecule has 4 atom stereocenters. The van der Waals surface area contributed by atoms with Crippen LogP contribution in [-0.4, -0.2) is 57.6 Å². The molecular weight excluding hydrogens is 900 g/mol. The summed E-state index contributed by atoms with van der Waals surface area (Å²) in [5, 5.41) is 32.8. The molecule has 8 nitrogen and oxygen atoms in total. The summed E-state index contributed by atoms with van der Waals surface area (Å²) in [6, 6.07) is 24.7. The number of anilines is 1. The van der Waals surface area contributed by atoms with Crippen molar-refractivity contribution in [1.29, 1.82) is 0 Å². The van der Waals surface area contributed by atoms with Crippen LogP contribution in [0, 0.1) is 23.3 Å². The Morgan fingerprint density at radius 2 is 1.04 bits per heavy atom. The molecule has 7 N–H and O–H groups in total. The molecule has 0 unspecified atom stereocenters. The Bertz CT molecular complexity index is 2390. The molecule has 0 spiro atoms. The number of nitrogens with one attached hydrogen (secondary N) is 3. The minimum atomic E-state index is -0.889.